The van der Waals surface area contributed by atoms with Crippen LogP contribution in [0.5, 0.6) is 0 Å². The van der Waals surface area contributed by atoms with Gasteiger partial charge in [0.05, 0.1) is 40.9 Å². The van der Waals surface area contributed by atoms with Gasteiger partial charge in [-0.05, 0) is 20.8 Å². The van der Waals surface area contributed by atoms with Gasteiger partial charge in [0.15, 0.2) is 5.13 Å². The molecule has 0 atom stereocenters. The Hall–Kier alpha value is -2.55. The molecule has 154 valence electrons. The van der Waals surface area contributed by atoms with Gasteiger partial charge in [-0.1, -0.05) is 11.3 Å². The Morgan fingerprint density at radius 1 is 1.45 bits per heavy atom. The number of ether oxygens (including phenoxy) is 1. The molecule has 0 radical (unpaired) electrons. The monoisotopic (exact) mass is 434 g/mol. The number of rotatable bonds is 6. The van der Waals surface area contributed by atoms with E-state index < -0.39 is 6.03 Å². The summed E-state index contributed by atoms with van der Waals surface area (Å²) in [4.78, 5) is 37.3. The van der Waals surface area contributed by atoms with E-state index in [1.165, 1.54) is 27.6 Å². The molecule has 0 aliphatic carbocycles. The number of primary amides is 1. The van der Waals surface area contributed by atoms with Gasteiger partial charge in [-0.25, -0.2) is 14.8 Å². The smallest absolute Gasteiger partial charge is 0.321 e. The van der Waals surface area contributed by atoms with Crippen molar-refractivity contribution in [2.45, 2.75) is 39.2 Å². The van der Waals surface area contributed by atoms with Crippen molar-refractivity contribution >= 4 is 39.7 Å². The van der Waals surface area contributed by atoms with Gasteiger partial charge in [0.1, 0.15) is 11.7 Å². The van der Waals surface area contributed by atoms with E-state index in [1.54, 1.807) is 4.90 Å². The van der Waals surface area contributed by atoms with Crippen LogP contribution in [0, 0.1) is 18.3 Å². The number of carbonyl (C=O) groups excluding carboxylic acids is 2. The number of nitriles is 1. The second-order valence-corrected chi connectivity index (χ2v) is 9.14. The first-order valence-electron chi connectivity index (χ1n) is 8.97. The number of amides is 3. The van der Waals surface area contributed by atoms with Crippen molar-refractivity contribution in [3.8, 4) is 16.6 Å². The number of thiazole rings is 2. The summed E-state index contributed by atoms with van der Waals surface area (Å²) >= 11 is 2.70. The lowest BCUT2D eigenvalue weighted by Gasteiger charge is -2.29. The molecule has 1 aliphatic rings. The summed E-state index contributed by atoms with van der Waals surface area (Å²) < 4.78 is 5.38. The number of aromatic nitrogens is 2. The van der Waals surface area contributed by atoms with Crippen LogP contribution in [0.3, 0.4) is 0 Å². The third kappa shape index (κ3) is 4.55. The molecule has 0 unspecified atom stereocenters. The minimum Gasteiger partial charge on any atom is -0.359 e. The van der Waals surface area contributed by atoms with Crippen molar-refractivity contribution in [1.82, 2.24) is 14.9 Å². The van der Waals surface area contributed by atoms with Crippen LogP contribution in [0.15, 0.2) is 5.38 Å². The molecular weight excluding hydrogens is 412 g/mol. The number of anilines is 1. The number of aryl methyl sites for hydroxylation is 1. The molecule has 2 aromatic rings. The zero-order chi connectivity index (χ0) is 21.2. The summed E-state index contributed by atoms with van der Waals surface area (Å²) in [5.74, 6) is -0.104. The van der Waals surface area contributed by atoms with Gasteiger partial charge in [0.25, 0.3) is 0 Å². The molecule has 9 nitrogen and oxygen atoms in total. The van der Waals surface area contributed by atoms with Crippen LogP contribution in [-0.2, 0) is 16.0 Å². The first kappa shape index (κ1) is 21.2. The Morgan fingerprint density at radius 3 is 2.83 bits per heavy atom. The maximum Gasteiger partial charge on any atom is 0.321 e. The molecule has 11 heteroatoms. The zero-order valence-electron chi connectivity index (χ0n) is 16.5. The number of nitrogens with two attached hydrogens (primary N) is 1. The van der Waals surface area contributed by atoms with Crippen LogP contribution in [0.2, 0.25) is 0 Å². The van der Waals surface area contributed by atoms with Gasteiger partial charge in [-0.3, -0.25) is 9.69 Å². The Bertz CT molecular complexity index is 961. The normalized spacial score (nSPS) is 15.3. The second kappa shape index (κ2) is 8.44. The van der Waals surface area contributed by atoms with Crippen LogP contribution in [0.25, 0.3) is 10.6 Å². The number of urea groups is 1. The van der Waals surface area contributed by atoms with Crippen LogP contribution in [0.4, 0.5) is 9.93 Å². The van der Waals surface area contributed by atoms with Crippen molar-refractivity contribution in [3.05, 3.63) is 16.1 Å². The van der Waals surface area contributed by atoms with Crippen molar-refractivity contribution in [3.63, 3.8) is 0 Å². The van der Waals surface area contributed by atoms with Gasteiger partial charge < -0.3 is 15.4 Å². The highest BCUT2D eigenvalue weighted by molar-refractivity contribution is 7.19. The zero-order valence-corrected chi connectivity index (χ0v) is 18.1. The summed E-state index contributed by atoms with van der Waals surface area (Å²) in [5, 5.41) is 11.8. The van der Waals surface area contributed by atoms with Crippen molar-refractivity contribution in [2.24, 2.45) is 5.73 Å². The van der Waals surface area contributed by atoms with E-state index in [1.807, 2.05) is 26.2 Å². The van der Waals surface area contributed by atoms with Gasteiger partial charge in [0, 0.05) is 18.3 Å². The molecule has 3 rings (SSSR count). The lowest BCUT2D eigenvalue weighted by molar-refractivity contribution is -0.134. The minimum absolute atomic E-state index is 0.104. The van der Waals surface area contributed by atoms with E-state index >= 15 is 0 Å². The highest BCUT2D eigenvalue weighted by Gasteiger charge is 2.36. The molecule has 1 aliphatic heterocycles. The van der Waals surface area contributed by atoms with Gasteiger partial charge in [-0.2, -0.15) is 5.26 Å². The summed E-state index contributed by atoms with van der Waals surface area (Å²) in [6, 6.07) is 1.41. The number of nitrogens with zero attached hydrogens (tertiary/aromatic N) is 5. The topological polar surface area (TPSA) is 125 Å². The predicted molar refractivity (Wildman–Crippen MR) is 111 cm³/mol. The van der Waals surface area contributed by atoms with Crippen LogP contribution < -0.4 is 10.6 Å². The third-order valence-corrected chi connectivity index (χ3v) is 6.61. The number of hydrogen-bond donors (Lipinski definition) is 1. The fourth-order valence-corrected chi connectivity index (χ4v) is 4.84. The average molecular weight is 435 g/mol. The minimum atomic E-state index is -0.668. The van der Waals surface area contributed by atoms with E-state index in [2.05, 4.69) is 16.0 Å². The standard InChI is InChI=1S/C18H22N6O3S2/c1-11-15(12-8-28-13(22-12)4-6-19)29-17(21-11)23(16(20)26)7-5-14(25)24-10-27-9-18(24,2)3/h8H,4-5,7,9-10H2,1-3H3,(H2,20,26). The molecule has 0 aromatic carbocycles. The quantitative estimate of drug-likeness (QED) is 0.744. The molecule has 0 spiro atoms. The summed E-state index contributed by atoms with van der Waals surface area (Å²) in [5.41, 5.74) is 6.62. The van der Waals surface area contributed by atoms with Gasteiger partial charge in [0.2, 0.25) is 5.91 Å². The highest BCUT2D eigenvalue weighted by Crippen LogP contribution is 2.35. The molecule has 0 saturated carbocycles. The molecule has 0 bridgehead atoms. The van der Waals surface area contributed by atoms with Crippen molar-refractivity contribution in [1.29, 1.82) is 5.26 Å². The molecule has 3 heterocycles. The maximum atomic E-state index is 12.6. The van der Waals surface area contributed by atoms with Crippen molar-refractivity contribution < 1.29 is 14.3 Å². The van der Waals surface area contributed by atoms with Crippen LogP contribution >= 0.6 is 22.7 Å². The molecule has 29 heavy (non-hydrogen) atoms. The number of hydrogen-bond acceptors (Lipinski definition) is 8. The fourth-order valence-electron chi connectivity index (χ4n) is 2.99. The predicted octanol–water partition coefficient (Wildman–Crippen LogP) is 2.51. The number of carbonyl (C=O) groups is 2. The third-order valence-electron chi connectivity index (χ3n) is 4.55. The maximum absolute atomic E-state index is 12.6. The fraction of sp³-hybridized carbons (Fsp3) is 0.500. The molecule has 3 amide bonds. The molecule has 2 N–H and O–H groups in total. The van der Waals surface area contributed by atoms with Gasteiger partial charge in [-0.15, -0.1) is 11.3 Å². The summed E-state index contributed by atoms with van der Waals surface area (Å²) in [6.07, 6.45) is 0.369. The van der Waals surface area contributed by atoms with E-state index in [9.17, 15) is 9.59 Å². The first-order chi connectivity index (χ1) is 13.7. The molecule has 1 fully saturated rings. The molecule has 2 aromatic heterocycles. The van der Waals surface area contributed by atoms with E-state index in [0.717, 1.165) is 15.6 Å². The second-order valence-electron chi connectivity index (χ2n) is 7.22. The van der Waals surface area contributed by atoms with E-state index in [4.69, 9.17) is 15.7 Å². The van der Waals surface area contributed by atoms with E-state index in [-0.39, 0.29) is 37.6 Å². The first-order valence-corrected chi connectivity index (χ1v) is 10.7. The Kier molecular flexibility index (Phi) is 6.16. The Balaban J connectivity index is 1.75. The highest BCUT2D eigenvalue weighted by atomic mass is 32.1. The lowest BCUT2D eigenvalue weighted by atomic mass is 10.1. The summed E-state index contributed by atoms with van der Waals surface area (Å²) in [7, 11) is 0. The molecule has 1 saturated heterocycles. The largest absolute Gasteiger partial charge is 0.359 e. The van der Waals surface area contributed by atoms with Crippen LogP contribution in [0.1, 0.15) is 31.0 Å². The Labute approximate surface area is 176 Å². The van der Waals surface area contributed by atoms with Crippen molar-refractivity contribution in [2.75, 3.05) is 24.8 Å². The SMILES string of the molecule is Cc1nc(N(CCC(=O)N2COCC2(C)C)C(N)=O)sc1-c1csc(CC#N)n1. The van der Waals surface area contributed by atoms with Crippen LogP contribution in [-0.4, -0.2) is 52.2 Å². The van der Waals surface area contributed by atoms with E-state index in [0.29, 0.717) is 17.4 Å². The summed E-state index contributed by atoms with van der Waals surface area (Å²) in [6.45, 7) is 6.56. The Morgan fingerprint density at radius 2 is 2.21 bits per heavy atom. The lowest BCUT2D eigenvalue weighted by Crippen LogP contribution is -2.46. The average Bonchev–Trinajstić information content (AvgIpc) is 3.33. The molecular formula is C18H22N6O3S2. The van der Waals surface area contributed by atoms with Gasteiger partial charge >= 0.3 is 6.03 Å².